The molecule has 24 heteroatoms. The molecule has 5 aliphatic heterocycles. The number of anilines is 1. The van der Waals surface area contributed by atoms with Crippen LogP contribution in [0.3, 0.4) is 0 Å². The highest BCUT2D eigenvalue weighted by molar-refractivity contribution is 5.85. The summed E-state index contributed by atoms with van der Waals surface area (Å²) in [6.07, 6.45) is 23.2. The van der Waals surface area contributed by atoms with Crippen molar-refractivity contribution in [2.24, 2.45) is 59.2 Å². The van der Waals surface area contributed by atoms with Gasteiger partial charge in [0.25, 0.3) is 0 Å². The van der Waals surface area contributed by atoms with Crippen molar-refractivity contribution in [3.8, 4) is 5.75 Å². The fraction of sp³-hybridized carbons (Fsp3) is 0.811. The van der Waals surface area contributed by atoms with Crippen LogP contribution in [0, 0.1) is 76.2 Å². The van der Waals surface area contributed by atoms with Gasteiger partial charge in [0.2, 0.25) is 11.7 Å². The van der Waals surface area contributed by atoms with Gasteiger partial charge in [-0.3, -0.25) is 38.8 Å². The van der Waals surface area contributed by atoms with E-state index in [1.165, 1.54) is 10.9 Å². The molecular formula is C90H162N12O12. The second-order valence-corrected chi connectivity index (χ2v) is 35.3. The van der Waals surface area contributed by atoms with Gasteiger partial charge in [-0.1, -0.05) is 130 Å². The van der Waals surface area contributed by atoms with E-state index < -0.39 is 4.92 Å². The van der Waals surface area contributed by atoms with Gasteiger partial charge >= 0.3 is 5.82 Å². The van der Waals surface area contributed by atoms with Gasteiger partial charge in [0.1, 0.15) is 41.3 Å². The number of aryl methyl sites for hydroxylation is 2. The summed E-state index contributed by atoms with van der Waals surface area (Å²) in [5, 5.41) is 27.7. The minimum atomic E-state index is -0.404. The van der Waals surface area contributed by atoms with E-state index in [0.717, 1.165) is 242 Å². The quantitative estimate of drug-likeness (QED) is 0.0303. The van der Waals surface area contributed by atoms with E-state index in [1.807, 2.05) is 49.9 Å². The fourth-order valence-electron chi connectivity index (χ4n) is 13.6. The summed E-state index contributed by atoms with van der Waals surface area (Å²) >= 11 is 0. The molecule has 24 nitrogen and oxygen atoms in total. The number of carbonyl (C=O) groups is 6. The number of rotatable bonds is 41. The lowest BCUT2D eigenvalue weighted by Gasteiger charge is -2.38. The van der Waals surface area contributed by atoms with Crippen molar-refractivity contribution in [2.75, 3.05) is 105 Å². The minimum absolute atomic E-state index is 0.0172. The zero-order valence-corrected chi connectivity index (χ0v) is 75.5. The molecule has 5 saturated heterocycles. The Hall–Kier alpha value is -5.89. The number of ketones is 5. The molecule has 6 aliphatic rings. The number of aromatic nitrogens is 5. The van der Waals surface area contributed by atoms with Crippen molar-refractivity contribution >= 4 is 46.5 Å². The standard InChI is InChI=1S/C15H20N4O3.C14H26O2.C13H25NO2.C12H23NO2.C11H21NO.C10H19NO.C8H15N3.C7H13NO/c1-11(2)8-16-14-15(19(20)21)18(10-17-14)9-12-4-6-13(22-3)7-5-12;1-4-9-16-13-7-6-12(10-13)14(15)8-5-11(2)3;1-4-9-16-12-7-8-14-13(12)11(15)6-5-10(2)3;1-10(2)4-5-12(14)11-8-13(9-11)6-7-15-3;1-4-12-7-10(8-12)11(13)6-5-9(2)3;1-8(2)5-6-10(12)9-4-3-7-11-9;1-6(2)4-5-8-9-7(3)10-11-8;1-6(2)8-5-3-4-7(8)9/h4-7,10-11,16H,8-9H2,1-3H3;11-13H,4-10H2,1-3H3;10,12-14H,4-9H2,1-3H3;10-11H,4-9H2,1-3H3;9-10H,4-8H2,1-3H3;8-9,11H,3-7H2,1-2H3;6H,4-5H2,1-3H3,(H,9,10,11);6H,3-5H2,1-2H3. The molecule has 4 N–H and O–H groups in total. The number of hydrogen-bond donors (Lipinski definition) is 4. The van der Waals surface area contributed by atoms with Crippen LogP contribution in [-0.4, -0.2) is 209 Å². The van der Waals surface area contributed by atoms with Crippen molar-refractivity contribution in [1.82, 2.24) is 50.1 Å². The number of amides is 1. The summed E-state index contributed by atoms with van der Waals surface area (Å²) < 4.78 is 23.0. The number of nitrogens with zero attached hydrogens (tertiary/aromatic N) is 8. The zero-order chi connectivity index (χ0) is 85.2. The van der Waals surface area contributed by atoms with Gasteiger partial charge < -0.3 is 54.8 Å². The van der Waals surface area contributed by atoms with Crippen LogP contribution in [0.1, 0.15) is 284 Å². The first-order valence-electron chi connectivity index (χ1n) is 44.2. The van der Waals surface area contributed by atoms with Crippen molar-refractivity contribution < 1.29 is 52.6 Å². The van der Waals surface area contributed by atoms with E-state index in [0.29, 0.717) is 126 Å². The van der Waals surface area contributed by atoms with Crippen LogP contribution in [0.5, 0.6) is 5.75 Å². The molecule has 114 heavy (non-hydrogen) atoms. The minimum Gasteiger partial charge on any atom is -0.497 e. The van der Waals surface area contributed by atoms with Gasteiger partial charge in [-0.2, -0.15) is 10.1 Å². The maximum absolute atomic E-state index is 12.0. The largest absolute Gasteiger partial charge is 0.497 e. The molecule has 9 rings (SSSR count). The van der Waals surface area contributed by atoms with Crippen LogP contribution in [0.2, 0.25) is 0 Å². The fourth-order valence-corrected chi connectivity index (χ4v) is 13.6. The predicted molar refractivity (Wildman–Crippen MR) is 462 cm³/mol. The number of imidazole rings is 1. The molecule has 2 aromatic heterocycles. The highest BCUT2D eigenvalue weighted by atomic mass is 16.6. The Balaban J connectivity index is 0.000000447. The topological polar surface area (TPSA) is 288 Å². The second kappa shape index (κ2) is 59.7. The van der Waals surface area contributed by atoms with E-state index in [-0.39, 0.29) is 24.0 Å². The summed E-state index contributed by atoms with van der Waals surface area (Å²) in [6, 6.07) is 7.95. The average Bonchev–Trinajstić information content (AvgIpc) is 1.66. The lowest BCUT2D eigenvalue weighted by molar-refractivity contribution is -0.391. The van der Waals surface area contributed by atoms with Gasteiger partial charge in [-0.05, 0) is 201 Å². The van der Waals surface area contributed by atoms with Gasteiger partial charge in [-0.25, -0.2) is 9.55 Å². The van der Waals surface area contributed by atoms with Gasteiger partial charge in [0.15, 0.2) is 17.9 Å². The molecule has 1 saturated carbocycles. The number of H-pyrrole nitrogens is 1. The first-order chi connectivity index (χ1) is 54.1. The number of aromatic amines is 1. The van der Waals surface area contributed by atoms with E-state index in [9.17, 15) is 38.9 Å². The molecule has 5 unspecified atom stereocenters. The van der Waals surface area contributed by atoms with Crippen LogP contribution in [-0.2, 0) is 55.9 Å². The Morgan fingerprint density at radius 1 is 0.614 bits per heavy atom. The smallest absolute Gasteiger partial charge is 0.367 e. The number of nitro groups is 1. The Bertz CT molecular complexity index is 3080. The first-order valence-corrected chi connectivity index (χ1v) is 44.2. The molecule has 0 spiro atoms. The lowest BCUT2D eigenvalue weighted by atomic mass is 9.91. The molecule has 0 bridgehead atoms. The highest BCUT2D eigenvalue weighted by Gasteiger charge is 2.35. The van der Waals surface area contributed by atoms with Gasteiger partial charge in [0.05, 0.1) is 38.0 Å². The number of ether oxygens (including phenoxy) is 4. The van der Waals surface area contributed by atoms with E-state index >= 15 is 0 Å². The summed E-state index contributed by atoms with van der Waals surface area (Å²) in [6.45, 7) is 54.8. The monoisotopic (exact) mass is 1600 g/mol. The molecule has 1 aromatic carbocycles. The van der Waals surface area contributed by atoms with E-state index in [1.54, 1.807) is 14.2 Å². The van der Waals surface area contributed by atoms with E-state index in [4.69, 9.17) is 18.9 Å². The molecule has 654 valence electrons. The molecule has 1 amide bonds. The molecule has 6 fully saturated rings. The van der Waals surface area contributed by atoms with Crippen molar-refractivity contribution in [1.29, 1.82) is 0 Å². The molecule has 1 aliphatic carbocycles. The summed E-state index contributed by atoms with van der Waals surface area (Å²) in [7, 11) is 3.31. The van der Waals surface area contributed by atoms with Crippen molar-refractivity contribution in [3.05, 3.63) is 57.9 Å². The molecular weight excluding hydrogens is 1440 g/mol. The number of methoxy groups -OCH3 is 2. The Morgan fingerprint density at radius 3 is 1.60 bits per heavy atom. The first kappa shape index (κ1) is 104. The lowest BCUT2D eigenvalue weighted by Crippen LogP contribution is -2.51. The highest BCUT2D eigenvalue weighted by Crippen LogP contribution is 2.31. The third-order valence-electron chi connectivity index (χ3n) is 21.1. The Morgan fingerprint density at radius 2 is 1.15 bits per heavy atom. The Kier molecular flexibility index (Phi) is 54.6. The number of carbonyl (C=O) groups excluding carboxylic acids is 6. The number of Topliss-reactive ketones (excluding diaryl/α,β-unsaturated/α-hetero) is 5. The van der Waals surface area contributed by atoms with Crippen LogP contribution < -0.4 is 20.7 Å². The summed E-state index contributed by atoms with van der Waals surface area (Å²) in [5.74, 6) is 10.6. The number of nitrogens with one attached hydrogen (secondary N) is 4. The number of benzene rings is 1. The predicted octanol–water partition coefficient (Wildman–Crippen LogP) is 16.6. The summed E-state index contributed by atoms with van der Waals surface area (Å²) in [4.78, 5) is 95.4. The maximum Gasteiger partial charge on any atom is 0.367 e. The van der Waals surface area contributed by atoms with E-state index in [2.05, 4.69) is 164 Å². The average molecular weight is 1600 g/mol. The second-order valence-electron chi connectivity index (χ2n) is 35.3. The normalized spacial score (nSPS) is 18.8. The number of likely N-dealkylation sites (tertiary alicyclic amines) is 3. The van der Waals surface area contributed by atoms with Gasteiger partial charge in [0, 0.05) is 135 Å². The molecule has 3 aromatic rings. The maximum atomic E-state index is 12.0. The molecule has 7 heterocycles. The third-order valence-corrected chi connectivity index (χ3v) is 21.1. The van der Waals surface area contributed by atoms with Crippen LogP contribution >= 0.6 is 0 Å². The third kappa shape index (κ3) is 45.2. The van der Waals surface area contributed by atoms with Gasteiger partial charge in [-0.15, -0.1) is 0 Å². The van der Waals surface area contributed by atoms with Crippen molar-refractivity contribution in [3.63, 3.8) is 0 Å². The van der Waals surface area contributed by atoms with Crippen LogP contribution in [0.15, 0.2) is 30.6 Å². The molecule has 0 radical (unpaired) electrons. The van der Waals surface area contributed by atoms with Crippen LogP contribution in [0.25, 0.3) is 0 Å². The summed E-state index contributed by atoms with van der Waals surface area (Å²) in [5.41, 5.74) is 0.941. The molecule has 5 atom stereocenters. The zero-order valence-electron chi connectivity index (χ0n) is 75.5. The number of hydrogen-bond acceptors (Lipinski definition) is 20. The van der Waals surface area contributed by atoms with Crippen LogP contribution in [0.4, 0.5) is 11.6 Å². The van der Waals surface area contributed by atoms with Crippen molar-refractivity contribution in [2.45, 2.75) is 317 Å². The Labute approximate surface area is 690 Å². The SMILES string of the molecule is CC(C)CCC(=O)C1CCCN1.CC(C)N1CCCC1=O.CCCOC1CCC(C(=O)CCC(C)C)C1.CCCOC1CCNC1C(=O)CCC(C)C.CCN1CC(C(=O)CCC(C)C)C1.COCCN1CC(C(=O)CCC(C)C)C1.COc1ccc(Cn2cnc(NCC(C)C)c2[N+](=O)[O-])cc1.Cc1nc(CCC(C)C)n[nH]1.